The first-order valence-electron chi connectivity index (χ1n) is 11.7. The van der Waals surface area contributed by atoms with Gasteiger partial charge in [0, 0.05) is 21.9 Å². The fourth-order valence-electron chi connectivity index (χ4n) is 4.60. The van der Waals surface area contributed by atoms with Crippen molar-refractivity contribution in [2.45, 2.75) is 0 Å². The number of halogens is 3. The maximum Gasteiger partial charge on any atom is 0.153 e. The molecule has 0 atom stereocenters. The van der Waals surface area contributed by atoms with Crippen LogP contribution in [0.25, 0.3) is 54.6 Å². The van der Waals surface area contributed by atoms with Crippen LogP contribution in [0.3, 0.4) is 0 Å². The van der Waals surface area contributed by atoms with Gasteiger partial charge in [0.05, 0.1) is 10.0 Å². The second kappa shape index (κ2) is 9.44. The highest BCUT2D eigenvalue weighted by Gasteiger charge is 2.13. The smallest absolute Gasteiger partial charge is 0.153 e. The Balaban J connectivity index is 0.000000136. The molecule has 0 saturated carbocycles. The monoisotopic (exact) mass is 524 g/mol. The Morgan fingerprint density at radius 2 is 1.16 bits per heavy atom. The Bertz CT molecular complexity index is 1940. The minimum atomic E-state index is -0.519. The van der Waals surface area contributed by atoms with E-state index in [1.54, 1.807) is 24.3 Å². The zero-order valence-corrected chi connectivity index (χ0v) is 20.9. The van der Waals surface area contributed by atoms with Gasteiger partial charge in [-0.2, -0.15) is 0 Å². The summed E-state index contributed by atoms with van der Waals surface area (Å²) in [6.45, 7) is 0. The summed E-state index contributed by atoms with van der Waals surface area (Å²) in [5.74, 6) is -0.477. The largest absolute Gasteiger partial charge is 0.507 e. The van der Waals surface area contributed by atoms with Gasteiger partial charge in [-0.1, -0.05) is 96.0 Å². The number of phenols is 1. The SMILES string of the molecule is Clc1cccc2c1oc1cc3ccccc3cc12.Oc1cc2ccccc2cc1-c1cccc(Cl)c1F. The first-order chi connectivity index (χ1) is 18.0. The molecule has 180 valence electrons. The van der Waals surface area contributed by atoms with Gasteiger partial charge in [0.25, 0.3) is 0 Å². The molecule has 2 nitrogen and oxygen atoms in total. The number of hydrogen-bond acceptors (Lipinski definition) is 2. The third-order valence-corrected chi connectivity index (χ3v) is 7.01. The van der Waals surface area contributed by atoms with Crippen molar-refractivity contribution in [2.24, 2.45) is 0 Å². The highest BCUT2D eigenvalue weighted by Crippen LogP contribution is 2.37. The standard InChI is InChI=1S/C16H10ClFO.C16H9ClO/c17-14-7-3-6-12(16(14)18)13-8-10-4-1-2-5-11(10)9-15(13)19;17-14-7-3-6-12-13-8-10-4-1-2-5-11(10)9-15(13)18-16(12)14/h1-9,19H;1-9H. The summed E-state index contributed by atoms with van der Waals surface area (Å²) in [6.07, 6.45) is 0. The fraction of sp³-hybridized carbons (Fsp3) is 0. The lowest BCUT2D eigenvalue weighted by molar-refractivity contribution is 0.477. The summed E-state index contributed by atoms with van der Waals surface area (Å²) >= 11 is 11.9. The van der Waals surface area contributed by atoms with Gasteiger partial charge in [0.2, 0.25) is 0 Å². The van der Waals surface area contributed by atoms with Crippen LogP contribution in [0.2, 0.25) is 10.0 Å². The van der Waals surface area contributed by atoms with Crippen molar-refractivity contribution < 1.29 is 13.9 Å². The predicted octanol–water partition coefficient (Wildman–Crippen LogP) is 10.4. The molecular weight excluding hydrogens is 506 g/mol. The molecule has 5 heteroatoms. The molecular formula is C32H19Cl2FO2. The molecule has 0 radical (unpaired) electrons. The predicted molar refractivity (Wildman–Crippen MR) is 152 cm³/mol. The molecule has 7 rings (SSSR count). The molecule has 0 unspecified atom stereocenters. The molecule has 0 aliphatic heterocycles. The number of rotatable bonds is 1. The van der Waals surface area contributed by atoms with Crippen LogP contribution in [0.5, 0.6) is 5.75 Å². The van der Waals surface area contributed by atoms with Gasteiger partial charge < -0.3 is 9.52 Å². The topological polar surface area (TPSA) is 33.4 Å². The van der Waals surface area contributed by atoms with E-state index in [0.717, 1.165) is 32.7 Å². The van der Waals surface area contributed by atoms with E-state index in [0.29, 0.717) is 16.1 Å². The van der Waals surface area contributed by atoms with Crippen molar-refractivity contribution in [1.29, 1.82) is 0 Å². The van der Waals surface area contributed by atoms with Crippen LogP contribution >= 0.6 is 23.2 Å². The molecule has 7 aromatic rings. The average Bonchev–Trinajstić information content (AvgIpc) is 3.28. The van der Waals surface area contributed by atoms with E-state index in [1.165, 1.54) is 16.8 Å². The highest BCUT2D eigenvalue weighted by molar-refractivity contribution is 6.36. The Morgan fingerprint density at radius 3 is 1.89 bits per heavy atom. The molecule has 1 heterocycles. The first kappa shape index (κ1) is 23.4. The van der Waals surface area contributed by atoms with E-state index >= 15 is 0 Å². The van der Waals surface area contributed by atoms with Gasteiger partial charge >= 0.3 is 0 Å². The number of fused-ring (bicyclic) bond motifs is 5. The van der Waals surface area contributed by atoms with Crippen molar-refractivity contribution in [1.82, 2.24) is 0 Å². The van der Waals surface area contributed by atoms with Crippen molar-refractivity contribution in [3.63, 3.8) is 0 Å². The fourth-order valence-corrected chi connectivity index (χ4v) is 4.99. The van der Waals surface area contributed by atoms with Gasteiger partial charge in [-0.25, -0.2) is 4.39 Å². The van der Waals surface area contributed by atoms with Crippen LogP contribution in [0.1, 0.15) is 0 Å². The number of para-hydroxylation sites is 1. The van der Waals surface area contributed by atoms with Gasteiger partial charge in [-0.05, 0) is 57.9 Å². The average molecular weight is 525 g/mol. The maximum absolute atomic E-state index is 14.0. The Hall–Kier alpha value is -4.05. The molecule has 1 N–H and O–H groups in total. The van der Waals surface area contributed by atoms with Crippen molar-refractivity contribution in [3.8, 4) is 16.9 Å². The van der Waals surface area contributed by atoms with Crippen molar-refractivity contribution in [2.75, 3.05) is 0 Å². The lowest BCUT2D eigenvalue weighted by Gasteiger charge is -2.09. The molecule has 1 aromatic heterocycles. The zero-order valence-electron chi connectivity index (χ0n) is 19.4. The molecule has 6 aromatic carbocycles. The van der Waals surface area contributed by atoms with Crippen molar-refractivity contribution in [3.05, 3.63) is 125 Å². The van der Waals surface area contributed by atoms with E-state index in [2.05, 4.69) is 24.3 Å². The molecule has 37 heavy (non-hydrogen) atoms. The lowest BCUT2D eigenvalue weighted by atomic mass is 9.99. The maximum atomic E-state index is 14.0. The molecule has 0 amide bonds. The van der Waals surface area contributed by atoms with Crippen LogP contribution in [0, 0.1) is 5.82 Å². The minimum Gasteiger partial charge on any atom is -0.507 e. The summed E-state index contributed by atoms with van der Waals surface area (Å²) in [4.78, 5) is 0. The third kappa shape index (κ3) is 4.27. The van der Waals surface area contributed by atoms with Gasteiger partial charge in [-0.15, -0.1) is 0 Å². The summed E-state index contributed by atoms with van der Waals surface area (Å²) in [5, 5.41) is 17.2. The van der Waals surface area contributed by atoms with E-state index in [4.69, 9.17) is 27.6 Å². The van der Waals surface area contributed by atoms with Gasteiger partial charge in [0.1, 0.15) is 17.1 Å². The zero-order chi connectivity index (χ0) is 25.5. The number of furan rings is 1. The quantitative estimate of drug-likeness (QED) is 0.231. The lowest BCUT2D eigenvalue weighted by Crippen LogP contribution is -1.87. The number of hydrogen-bond donors (Lipinski definition) is 1. The Kier molecular flexibility index (Phi) is 5.96. The van der Waals surface area contributed by atoms with Gasteiger partial charge in [0.15, 0.2) is 5.58 Å². The van der Waals surface area contributed by atoms with Crippen LogP contribution in [0.4, 0.5) is 4.39 Å². The molecule has 0 spiro atoms. The number of aromatic hydroxyl groups is 1. The van der Waals surface area contributed by atoms with E-state index in [-0.39, 0.29) is 10.8 Å². The van der Waals surface area contributed by atoms with E-state index in [1.807, 2.05) is 54.6 Å². The van der Waals surface area contributed by atoms with E-state index in [9.17, 15) is 9.50 Å². The third-order valence-electron chi connectivity index (χ3n) is 6.42. The van der Waals surface area contributed by atoms with E-state index < -0.39 is 5.82 Å². The molecule has 0 bridgehead atoms. The summed E-state index contributed by atoms with van der Waals surface area (Å²) in [6, 6.07) is 34.1. The normalized spacial score (nSPS) is 11.2. The van der Waals surface area contributed by atoms with Gasteiger partial charge in [-0.3, -0.25) is 0 Å². The highest BCUT2D eigenvalue weighted by atomic mass is 35.5. The molecule has 0 fully saturated rings. The first-order valence-corrected chi connectivity index (χ1v) is 12.4. The molecule has 0 saturated heterocycles. The Morgan fingerprint density at radius 1 is 0.568 bits per heavy atom. The second-order valence-electron chi connectivity index (χ2n) is 8.73. The van der Waals surface area contributed by atoms with Crippen LogP contribution in [-0.4, -0.2) is 5.11 Å². The number of benzene rings is 6. The van der Waals surface area contributed by atoms with Crippen LogP contribution in [-0.2, 0) is 0 Å². The summed E-state index contributed by atoms with van der Waals surface area (Å²) in [5.41, 5.74) is 2.40. The number of phenolic OH excluding ortho intramolecular Hbond substituents is 1. The Labute approximate surface area is 222 Å². The molecule has 0 aliphatic rings. The van der Waals surface area contributed by atoms with Crippen LogP contribution in [0.15, 0.2) is 114 Å². The van der Waals surface area contributed by atoms with Crippen LogP contribution < -0.4 is 0 Å². The van der Waals surface area contributed by atoms with Crippen molar-refractivity contribution >= 4 is 66.7 Å². The second-order valence-corrected chi connectivity index (χ2v) is 9.55. The summed E-state index contributed by atoms with van der Waals surface area (Å²) in [7, 11) is 0. The summed E-state index contributed by atoms with van der Waals surface area (Å²) < 4.78 is 19.9. The molecule has 0 aliphatic carbocycles. The minimum absolute atomic E-state index is 0.0415.